The van der Waals surface area contributed by atoms with E-state index in [1.807, 2.05) is 0 Å². The van der Waals surface area contributed by atoms with E-state index in [1.165, 1.54) is 0 Å². The van der Waals surface area contributed by atoms with Crippen LogP contribution in [0.3, 0.4) is 0 Å². The van der Waals surface area contributed by atoms with Gasteiger partial charge >= 0.3 is 0 Å². The predicted molar refractivity (Wildman–Crippen MR) is 93.6 cm³/mol. The van der Waals surface area contributed by atoms with Gasteiger partial charge in [-0.15, -0.1) is 0 Å². The Balaban J connectivity index is 1.69. The van der Waals surface area contributed by atoms with E-state index >= 15 is 4.39 Å². The molecule has 4 aliphatic carbocycles. The van der Waals surface area contributed by atoms with E-state index < -0.39 is 23.3 Å². The number of Topliss-reactive ketones (excluding diaryl/α,β-unsaturated/α-hetero) is 1. The van der Waals surface area contributed by atoms with E-state index in [0.717, 1.165) is 25.7 Å². The first-order valence-corrected chi connectivity index (χ1v) is 10.2. The summed E-state index contributed by atoms with van der Waals surface area (Å²) < 4.78 is 15.3. The summed E-state index contributed by atoms with van der Waals surface area (Å²) in [5.74, 6) is 1.38. The Bertz CT molecular complexity index is 579. The van der Waals surface area contributed by atoms with Crippen LogP contribution in [0.15, 0.2) is 0 Å². The lowest BCUT2D eigenvalue weighted by Crippen LogP contribution is -2.67. The van der Waals surface area contributed by atoms with Crippen LogP contribution in [0.5, 0.6) is 0 Å². The Morgan fingerprint density at radius 1 is 1.08 bits per heavy atom. The number of ketones is 1. The van der Waals surface area contributed by atoms with Crippen LogP contribution in [0.1, 0.15) is 72.1 Å². The number of rotatable bonds is 1. The molecule has 4 saturated carbocycles. The van der Waals surface area contributed by atoms with Crippen LogP contribution < -0.4 is 0 Å². The quantitative estimate of drug-likeness (QED) is 0.757. The van der Waals surface area contributed by atoms with Gasteiger partial charge in [0.05, 0.1) is 6.10 Å². The van der Waals surface area contributed by atoms with Gasteiger partial charge in [0, 0.05) is 17.8 Å². The second-order valence-electron chi connectivity index (χ2n) is 10.1. The van der Waals surface area contributed by atoms with Crippen LogP contribution in [0.4, 0.5) is 4.39 Å². The average molecular weight is 352 g/mol. The number of fused-ring (bicyclic) bond motifs is 5. The molecule has 0 unspecified atom stereocenters. The number of aliphatic hydroxyl groups excluding tert-OH is 1. The van der Waals surface area contributed by atoms with Crippen molar-refractivity contribution < 1.29 is 19.4 Å². The van der Waals surface area contributed by atoms with Crippen LogP contribution in [0.2, 0.25) is 0 Å². The largest absolute Gasteiger partial charge is 0.393 e. The molecule has 0 saturated heterocycles. The summed E-state index contributed by atoms with van der Waals surface area (Å²) in [7, 11) is 0. The third-order valence-corrected chi connectivity index (χ3v) is 9.28. The molecule has 2 N–H and O–H groups in total. The molecule has 4 aliphatic rings. The number of carbonyl (C=O) groups excluding carboxylic acids is 1. The van der Waals surface area contributed by atoms with Crippen molar-refractivity contribution in [3.63, 3.8) is 0 Å². The van der Waals surface area contributed by atoms with Crippen molar-refractivity contribution in [1.29, 1.82) is 0 Å². The number of halogens is 1. The molecule has 0 aromatic rings. The second-order valence-corrected chi connectivity index (χ2v) is 10.1. The van der Waals surface area contributed by atoms with E-state index in [-0.39, 0.29) is 23.7 Å². The zero-order valence-electron chi connectivity index (χ0n) is 15.8. The van der Waals surface area contributed by atoms with Crippen molar-refractivity contribution >= 4 is 5.78 Å². The van der Waals surface area contributed by atoms with Crippen LogP contribution in [0, 0.1) is 34.5 Å². The van der Waals surface area contributed by atoms with Crippen LogP contribution in [-0.2, 0) is 4.79 Å². The molecule has 0 spiro atoms. The fourth-order valence-electron chi connectivity index (χ4n) is 7.88. The standard InChI is InChI=1S/C21H33FO3/c1-12(23)15-4-5-16-14-10-18(22)21(25)11-13(24)6-9-20(21,3)17(14)7-8-19(15,16)2/h13-18,24-25H,4-11H2,1-3H3/t13-,14-,15+,16-,17-,18-,19+,20+,21-/m0/s1. The summed E-state index contributed by atoms with van der Waals surface area (Å²) in [5.41, 5.74) is -1.84. The maximum Gasteiger partial charge on any atom is 0.133 e. The van der Waals surface area contributed by atoms with Gasteiger partial charge in [-0.1, -0.05) is 13.8 Å². The number of carbonyl (C=O) groups is 1. The van der Waals surface area contributed by atoms with E-state index in [4.69, 9.17) is 0 Å². The fourth-order valence-corrected chi connectivity index (χ4v) is 7.88. The van der Waals surface area contributed by atoms with Crippen molar-refractivity contribution in [1.82, 2.24) is 0 Å². The minimum atomic E-state index is -1.39. The number of hydrogen-bond donors (Lipinski definition) is 2. The van der Waals surface area contributed by atoms with Gasteiger partial charge in [-0.25, -0.2) is 4.39 Å². The summed E-state index contributed by atoms with van der Waals surface area (Å²) in [6, 6.07) is 0. The molecular weight excluding hydrogens is 319 g/mol. The van der Waals surface area contributed by atoms with Crippen molar-refractivity contribution in [2.45, 2.75) is 90.0 Å². The van der Waals surface area contributed by atoms with Crippen molar-refractivity contribution in [2.75, 3.05) is 0 Å². The highest BCUT2D eigenvalue weighted by Crippen LogP contribution is 2.68. The first kappa shape index (κ1) is 17.9. The Morgan fingerprint density at radius 2 is 1.80 bits per heavy atom. The molecule has 0 aromatic heterocycles. The number of aliphatic hydroxyl groups is 2. The van der Waals surface area contributed by atoms with E-state index in [0.29, 0.717) is 36.9 Å². The number of alkyl halides is 1. The van der Waals surface area contributed by atoms with E-state index in [9.17, 15) is 15.0 Å². The number of hydrogen-bond acceptors (Lipinski definition) is 3. The lowest BCUT2D eigenvalue weighted by atomic mass is 9.42. The van der Waals surface area contributed by atoms with Gasteiger partial charge in [0.25, 0.3) is 0 Å². The minimum Gasteiger partial charge on any atom is -0.393 e. The molecule has 0 bridgehead atoms. The Labute approximate surface area is 150 Å². The first-order valence-electron chi connectivity index (χ1n) is 10.2. The normalized spacial score (nSPS) is 58.2. The third-order valence-electron chi connectivity index (χ3n) is 9.28. The molecule has 142 valence electrons. The molecule has 9 atom stereocenters. The van der Waals surface area contributed by atoms with Gasteiger partial charge in [0.1, 0.15) is 17.6 Å². The van der Waals surface area contributed by atoms with Crippen molar-refractivity contribution in [3.8, 4) is 0 Å². The molecule has 4 fully saturated rings. The molecule has 4 rings (SSSR count). The molecule has 0 amide bonds. The van der Waals surface area contributed by atoms with Gasteiger partial charge in [-0.05, 0) is 75.0 Å². The van der Waals surface area contributed by atoms with Crippen LogP contribution >= 0.6 is 0 Å². The summed E-state index contributed by atoms with van der Waals surface area (Å²) in [6.45, 7) is 6.04. The Morgan fingerprint density at radius 3 is 2.48 bits per heavy atom. The topological polar surface area (TPSA) is 57.5 Å². The lowest BCUT2D eigenvalue weighted by molar-refractivity contribution is -0.249. The predicted octanol–water partition coefficient (Wildman–Crippen LogP) is 3.66. The summed E-state index contributed by atoms with van der Waals surface area (Å²) in [5, 5.41) is 21.3. The Kier molecular flexibility index (Phi) is 3.95. The minimum absolute atomic E-state index is 0.00666. The second kappa shape index (κ2) is 5.51. The van der Waals surface area contributed by atoms with Gasteiger partial charge < -0.3 is 10.2 Å². The maximum atomic E-state index is 15.3. The summed E-state index contributed by atoms with van der Waals surface area (Å²) in [4.78, 5) is 12.2. The fraction of sp³-hybridized carbons (Fsp3) is 0.952. The van der Waals surface area contributed by atoms with E-state index in [1.54, 1.807) is 6.92 Å². The van der Waals surface area contributed by atoms with Crippen LogP contribution in [0.25, 0.3) is 0 Å². The molecule has 0 heterocycles. The molecular formula is C21H33FO3. The van der Waals surface area contributed by atoms with Crippen LogP contribution in [-0.4, -0.2) is 33.9 Å². The summed E-state index contributed by atoms with van der Waals surface area (Å²) in [6.07, 6.45) is 4.01. The highest BCUT2D eigenvalue weighted by Gasteiger charge is 2.68. The first-order chi connectivity index (χ1) is 11.6. The van der Waals surface area contributed by atoms with Gasteiger partial charge in [0.15, 0.2) is 0 Å². The molecule has 0 radical (unpaired) electrons. The van der Waals surface area contributed by atoms with Gasteiger partial charge in [-0.3, -0.25) is 4.79 Å². The smallest absolute Gasteiger partial charge is 0.133 e. The molecule has 3 nitrogen and oxygen atoms in total. The SMILES string of the molecule is CC(=O)[C@H]1CC[C@H]2[C@@H]3C[C@H](F)[C@@]4(O)C[C@@H](O)CC[C@]4(C)[C@H]3CC[C@]12C. The molecule has 0 aromatic carbocycles. The lowest BCUT2D eigenvalue weighted by Gasteiger charge is -2.64. The van der Waals surface area contributed by atoms with Crippen molar-refractivity contribution in [3.05, 3.63) is 0 Å². The maximum absolute atomic E-state index is 15.3. The van der Waals surface area contributed by atoms with Gasteiger partial charge in [-0.2, -0.15) is 0 Å². The third kappa shape index (κ3) is 2.19. The molecule has 4 heteroatoms. The molecule has 25 heavy (non-hydrogen) atoms. The van der Waals surface area contributed by atoms with Crippen molar-refractivity contribution in [2.24, 2.45) is 34.5 Å². The Hall–Kier alpha value is -0.480. The molecule has 0 aliphatic heterocycles. The zero-order valence-corrected chi connectivity index (χ0v) is 15.8. The average Bonchev–Trinajstić information content (AvgIpc) is 2.88. The highest BCUT2D eigenvalue weighted by molar-refractivity contribution is 5.79. The summed E-state index contributed by atoms with van der Waals surface area (Å²) >= 11 is 0. The monoisotopic (exact) mass is 352 g/mol. The van der Waals surface area contributed by atoms with Gasteiger partial charge in [0.2, 0.25) is 0 Å². The van der Waals surface area contributed by atoms with E-state index in [2.05, 4.69) is 13.8 Å². The highest BCUT2D eigenvalue weighted by atomic mass is 19.1. The zero-order chi connectivity index (χ0) is 18.2.